The van der Waals surface area contributed by atoms with Gasteiger partial charge in [-0.3, -0.25) is 0 Å². The number of hydrogen-bond acceptors (Lipinski definition) is 2. The van der Waals surface area contributed by atoms with Crippen LogP contribution in [0.2, 0.25) is 0 Å². The van der Waals surface area contributed by atoms with E-state index < -0.39 is 21.1 Å². The van der Waals surface area contributed by atoms with Gasteiger partial charge in [0.25, 0.3) is 0 Å². The molecule has 3 heteroatoms. The van der Waals surface area contributed by atoms with Crippen LogP contribution >= 0.6 is 0 Å². The standard InChI is InChI=1S/2C13H12O.2C5H5.Zr/c2*14-13-9-5-4-8-12(13)10-11-6-2-1-3-7-11;2*1-2-4-5-3-1;/h2*1-9,14H,10H2;2*1-3H,4H2;/q;;;;+2/p-2. The van der Waals surface area contributed by atoms with Crippen LogP contribution in [0.25, 0.3) is 0 Å². The molecule has 0 amide bonds. The zero-order chi connectivity index (χ0) is 26.3. The molecule has 0 saturated heterocycles. The van der Waals surface area contributed by atoms with Crippen LogP contribution in [0.1, 0.15) is 35.1 Å². The summed E-state index contributed by atoms with van der Waals surface area (Å²) in [5.41, 5.74) is 4.91. The molecule has 0 radical (unpaired) electrons. The molecule has 2 nitrogen and oxygen atoms in total. The average molecular weight is 588 g/mol. The number of allylic oxidation sites excluding steroid dienone is 8. The van der Waals surface area contributed by atoms with E-state index in [0.717, 1.165) is 37.2 Å². The normalized spacial score (nSPS) is 14.3. The van der Waals surface area contributed by atoms with Crippen molar-refractivity contribution in [2.45, 2.75) is 25.7 Å². The van der Waals surface area contributed by atoms with Gasteiger partial charge in [-0.15, -0.1) is 0 Å². The van der Waals surface area contributed by atoms with Gasteiger partial charge in [0, 0.05) is 0 Å². The van der Waals surface area contributed by atoms with Gasteiger partial charge in [0.1, 0.15) is 0 Å². The average Bonchev–Trinajstić information content (AvgIpc) is 3.72. The molecule has 2 aliphatic rings. The molecule has 0 N–H and O–H groups in total. The Morgan fingerprint density at radius 2 is 0.897 bits per heavy atom. The summed E-state index contributed by atoms with van der Waals surface area (Å²) in [7, 11) is 0. The molecule has 0 aliphatic heterocycles. The Hall–Kier alpha value is -3.68. The maximum atomic E-state index is 7.35. The summed E-state index contributed by atoms with van der Waals surface area (Å²) < 4.78 is 17.3. The molecule has 4 aromatic carbocycles. The minimum absolute atomic E-state index is 0.818. The molecule has 6 rings (SSSR count). The molecular formula is C36H32O2Zr. The second-order valence-corrected chi connectivity index (χ2v) is 17.2. The Labute approximate surface area is 237 Å². The van der Waals surface area contributed by atoms with Crippen LogP contribution in [0.5, 0.6) is 11.5 Å². The van der Waals surface area contributed by atoms with Crippen molar-refractivity contribution in [3.63, 3.8) is 0 Å². The molecule has 2 aliphatic carbocycles. The van der Waals surface area contributed by atoms with Gasteiger partial charge >= 0.3 is 238 Å². The van der Waals surface area contributed by atoms with E-state index in [4.69, 9.17) is 5.63 Å². The van der Waals surface area contributed by atoms with Crippen LogP contribution in [0.4, 0.5) is 0 Å². The van der Waals surface area contributed by atoms with Crippen molar-refractivity contribution in [1.29, 1.82) is 0 Å². The number of hydrogen-bond donors (Lipinski definition) is 0. The summed E-state index contributed by atoms with van der Waals surface area (Å²) in [5.74, 6) is 1.86. The summed E-state index contributed by atoms with van der Waals surface area (Å²) in [6.45, 7) is 0. The summed E-state index contributed by atoms with van der Waals surface area (Å²) >= 11 is -4.16. The number of benzene rings is 4. The molecule has 192 valence electrons. The minimum atomic E-state index is -4.16. The Morgan fingerprint density at radius 3 is 1.31 bits per heavy atom. The number of rotatable bonds is 10. The van der Waals surface area contributed by atoms with Crippen LogP contribution in [-0.4, -0.2) is 0 Å². The molecule has 0 bridgehead atoms. The van der Waals surface area contributed by atoms with E-state index in [0.29, 0.717) is 0 Å². The van der Waals surface area contributed by atoms with E-state index in [1.165, 1.54) is 28.8 Å². The molecule has 4 aromatic rings. The first-order valence-electron chi connectivity index (χ1n) is 13.6. The van der Waals surface area contributed by atoms with E-state index in [1.807, 2.05) is 0 Å². The van der Waals surface area contributed by atoms with E-state index in [9.17, 15) is 0 Å². The van der Waals surface area contributed by atoms with Crippen LogP contribution < -0.4 is 5.63 Å². The van der Waals surface area contributed by atoms with Crippen molar-refractivity contribution in [2.24, 2.45) is 0 Å². The fourth-order valence-corrected chi connectivity index (χ4v) is 13.7. The van der Waals surface area contributed by atoms with Crippen LogP contribution in [0.3, 0.4) is 0 Å². The predicted molar refractivity (Wildman–Crippen MR) is 156 cm³/mol. The van der Waals surface area contributed by atoms with Gasteiger partial charge < -0.3 is 0 Å². The fraction of sp³-hybridized carbons (Fsp3) is 0.111. The first-order chi connectivity index (χ1) is 19.3. The molecule has 0 unspecified atom stereocenters. The van der Waals surface area contributed by atoms with Crippen molar-refractivity contribution in [3.05, 3.63) is 174 Å². The third-order valence-corrected chi connectivity index (χ3v) is 15.8. The topological polar surface area (TPSA) is 18.5 Å². The zero-order valence-corrected chi connectivity index (χ0v) is 24.5. The molecule has 0 saturated carbocycles. The monoisotopic (exact) mass is 586 g/mol. The Kier molecular flexibility index (Phi) is 7.88. The van der Waals surface area contributed by atoms with Gasteiger partial charge in [0.05, 0.1) is 0 Å². The third kappa shape index (κ3) is 5.85. The van der Waals surface area contributed by atoms with Crippen molar-refractivity contribution in [2.75, 3.05) is 0 Å². The van der Waals surface area contributed by atoms with Gasteiger partial charge in [0.2, 0.25) is 0 Å². The van der Waals surface area contributed by atoms with Gasteiger partial charge in [-0.1, -0.05) is 0 Å². The molecule has 39 heavy (non-hydrogen) atoms. The molecule has 0 fully saturated rings. The van der Waals surface area contributed by atoms with Crippen LogP contribution in [0, 0.1) is 0 Å². The van der Waals surface area contributed by atoms with E-state index in [-0.39, 0.29) is 0 Å². The molecule has 0 aromatic heterocycles. The van der Waals surface area contributed by atoms with Crippen LogP contribution in [-0.2, 0) is 34.0 Å². The van der Waals surface area contributed by atoms with E-state index in [2.05, 4.69) is 146 Å². The summed E-state index contributed by atoms with van der Waals surface area (Å²) in [6.07, 6.45) is 16.6. The van der Waals surface area contributed by atoms with Crippen molar-refractivity contribution >= 4 is 0 Å². The van der Waals surface area contributed by atoms with Crippen molar-refractivity contribution < 1.29 is 26.8 Å². The quantitative estimate of drug-likeness (QED) is 0.184. The Bertz CT molecular complexity index is 1430. The Morgan fingerprint density at radius 1 is 0.487 bits per heavy atom. The van der Waals surface area contributed by atoms with Gasteiger partial charge in [-0.25, -0.2) is 0 Å². The van der Waals surface area contributed by atoms with Crippen molar-refractivity contribution in [1.82, 2.24) is 0 Å². The fourth-order valence-electron chi connectivity index (χ4n) is 5.31. The van der Waals surface area contributed by atoms with Gasteiger partial charge in [0.15, 0.2) is 0 Å². The van der Waals surface area contributed by atoms with Gasteiger partial charge in [-0.2, -0.15) is 0 Å². The van der Waals surface area contributed by atoms with Gasteiger partial charge in [-0.05, 0) is 0 Å². The molecule has 0 atom stereocenters. The second kappa shape index (κ2) is 12.0. The SMILES string of the molecule is C1=CC[C]([Zr]([O]c2ccccc2Cc2ccccc2)([O]c2ccccc2Cc2ccccc2)[C]2=CC=CC2)=C1. The summed E-state index contributed by atoms with van der Waals surface area (Å²) in [4.78, 5) is 0. The third-order valence-electron chi connectivity index (χ3n) is 7.32. The predicted octanol–water partition coefficient (Wildman–Crippen LogP) is 9.00. The molecular weight excluding hydrogens is 556 g/mol. The Balaban J connectivity index is 1.42. The second-order valence-electron chi connectivity index (χ2n) is 10.0. The van der Waals surface area contributed by atoms with Crippen LogP contribution in [0.15, 0.2) is 152 Å². The van der Waals surface area contributed by atoms with Crippen molar-refractivity contribution in [3.8, 4) is 11.5 Å². The maximum absolute atomic E-state index is 7.35. The van der Waals surface area contributed by atoms with E-state index in [1.54, 1.807) is 0 Å². The summed E-state index contributed by atoms with van der Waals surface area (Å²) in [5, 5.41) is 0. The summed E-state index contributed by atoms with van der Waals surface area (Å²) in [6, 6.07) is 38.2. The first-order valence-corrected chi connectivity index (χ1v) is 18.1. The first kappa shape index (κ1) is 25.6. The van der Waals surface area contributed by atoms with E-state index >= 15 is 0 Å². The molecule has 0 spiro atoms. The number of para-hydroxylation sites is 2. The zero-order valence-electron chi connectivity index (χ0n) is 22.0. The molecule has 0 heterocycles.